The van der Waals surface area contributed by atoms with Gasteiger partial charge in [-0.25, -0.2) is 0 Å². The van der Waals surface area contributed by atoms with Crippen LogP contribution in [0.3, 0.4) is 0 Å². The Morgan fingerprint density at radius 2 is 2.08 bits per heavy atom. The highest BCUT2D eigenvalue weighted by molar-refractivity contribution is 5.92. The molecular weight excluding hydrogens is 304 g/mol. The van der Waals surface area contributed by atoms with E-state index in [0.29, 0.717) is 5.69 Å². The molecule has 0 bridgehead atoms. The summed E-state index contributed by atoms with van der Waals surface area (Å²) in [5.41, 5.74) is 2.53. The number of aromatic nitrogens is 2. The molecule has 24 heavy (non-hydrogen) atoms. The van der Waals surface area contributed by atoms with Gasteiger partial charge in [0.05, 0.1) is 0 Å². The smallest absolute Gasteiger partial charge is 0.269 e. The van der Waals surface area contributed by atoms with Crippen molar-refractivity contribution in [3.8, 4) is 5.75 Å². The second kappa shape index (κ2) is 7.29. The molecule has 0 unspecified atom stereocenters. The third kappa shape index (κ3) is 3.64. The molecule has 0 aromatic carbocycles. The Bertz CT molecular complexity index is 712. The van der Waals surface area contributed by atoms with Gasteiger partial charge in [0.15, 0.2) is 0 Å². The van der Waals surface area contributed by atoms with Gasteiger partial charge in [-0.3, -0.25) is 14.8 Å². The number of piperidine rings is 1. The number of carbonyl (C=O) groups excluding carboxylic acids is 1. The first-order valence-electron chi connectivity index (χ1n) is 8.17. The summed E-state index contributed by atoms with van der Waals surface area (Å²) in [7, 11) is 1.61. The van der Waals surface area contributed by atoms with Gasteiger partial charge in [0.25, 0.3) is 5.91 Å². The molecule has 0 saturated carbocycles. The standard InChI is InChI=1S/C18H22N4O2/c1-13-12-20-7-4-17(13)24-15-5-9-22(10-6-15)14-3-8-21-16(11-14)18(23)19-2/h3-4,7-8,11-12,15H,5-6,9-10H2,1-2H3,(H,19,23). The largest absolute Gasteiger partial charge is 0.490 e. The Kier molecular flexibility index (Phi) is 4.93. The number of aryl methyl sites for hydroxylation is 1. The topological polar surface area (TPSA) is 67.4 Å². The van der Waals surface area contributed by atoms with Crippen LogP contribution in [0.1, 0.15) is 28.9 Å². The Morgan fingerprint density at radius 1 is 1.29 bits per heavy atom. The summed E-state index contributed by atoms with van der Waals surface area (Å²) in [6.45, 7) is 3.80. The molecule has 2 aromatic heterocycles. The number of carbonyl (C=O) groups is 1. The van der Waals surface area contributed by atoms with Crippen LogP contribution in [-0.4, -0.2) is 42.1 Å². The summed E-state index contributed by atoms with van der Waals surface area (Å²) in [5, 5.41) is 2.61. The number of hydrogen-bond donors (Lipinski definition) is 1. The summed E-state index contributed by atoms with van der Waals surface area (Å²) in [6, 6.07) is 5.70. The van der Waals surface area contributed by atoms with Crippen LogP contribution in [0.15, 0.2) is 36.8 Å². The number of hydrogen-bond acceptors (Lipinski definition) is 5. The van der Waals surface area contributed by atoms with Crippen LogP contribution in [0.5, 0.6) is 5.75 Å². The molecule has 1 saturated heterocycles. The third-order valence-electron chi connectivity index (χ3n) is 4.27. The predicted molar refractivity (Wildman–Crippen MR) is 92.5 cm³/mol. The number of rotatable bonds is 4. The van der Waals surface area contributed by atoms with Crippen LogP contribution in [0, 0.1) is 6.92 Å². The van der Waals surface area contributed by atoms with Crippen molar-refractivity contribution in [2.75, 3.05) is 25.0 Å². The first-order chi connectivity index (χ1) is 11.7. The van der Waals surface area contributed by atoms with Crippen LogP contribution in [-0.2, 0) is 0 Å². The molecule has 1 aliphatic heterocycles. The molecule has 1 N–H and O–H groups in total. The predicted octanol–water partition coefficient (Wildman–Crippen LogP) is 2.19. The van der Waals surface area contributed by atoms with Crippen molar-refractivity contribution in [2.45, 2.75) is 25.9 Å². The zero-order chi connectivity index (χ0) is 16.9. The van der Waals surface area contributed by atoms with Gasteiger partial charge in [0.2, 0.25) is 0 Å². The van der Waals surface area contributed by atoms with Crippen molar-refractivity contribution in [3.05, 3.63) is 48.0 Å². The van der Waals surface area contributed by atoms with Gasteiger partial charge in [-0.2, -0.15) is 0 Å². The summed E-state index contributed by atoms with van der Waals surface area (Å²) in [4.78, 5) is 22.2. The number of nitrogens with one attached hydrogen (secondary N) is 1. The molecule has 1 aliphatic rings. The zero-order valence-electron chi connectivity index (χ0n) is 14.0. The quantitative estimate of drug-likeness (QED) is 0.933. The molecule has 2 aromatic rings. The molecule has 3 heterocycles. The van der Waals surface area contributed by atoms with Crippen LogP contribution in [0.25, 0.3) is 0 Å². The molecule has 6 heteroatoms. The van der Waals surface area contributed by atoms with Gasteiger partial charge in [0.1, 0.15) is 17.5 Å². The lowest BCUT2D eigenvalue weighted by Gasteiger charge is -2.34. The highest BCUT2D eigenvalue weighted by Gasteiger charge is 2.22. The highest BCUT2D eigenvalue weighted by Crippen LogP contribution is 2.24. The van der Waals surface area contributed by atoms with Crippen molar-refractivity contribution in [3.63, 3.8) is 0 Å². The molecule has 0 spiro atoms. The van der Waals surface area contributed by atoms with E-state index in [1.807, 2.05) is 31.3 Å². The van der Waals surface area contributed by atoms with Crippen LogP contribution < -0.4 is 15.0 Å². The first-order valence-corrected chi connectivity index (χ1v) is 8.17. The number of ether oxygens (including phenoxy) is 1. The molecular formula is C18H22N4O2. The number of anilines is 1. The summed E-state index contributed by atoms with van der Waals surface area (Å²) in [6.07, 6.45) is 7.36. The molecule has 0 atom stereocenters. The van der Waals surface area contributed by atoms with E-state index < -0.39 is 0 Å². The molecule has 3 rings (SSSR count). The van der Waals surface area contributed by atoms with Crippen LogP contribution in [0.2, 0.25) is 0 Å². The van der Waals surface area contributed by atoms with Crippen LogP contribution >= 0.6 is 0 Å². The SMILES string of the molecule is CNC(=O)c1cc(N2CCC(Oc3ccncc3C)CC2)ccn1. The molecule has 1 fully saturated rings. The normalized spacial score (nSPS) is 15.2. The highest BCUT2D eigenvalue weighted by atomic mass is 16.5. The van der Waals surface area contributed by atoms with Crippen molar-refractivity contribution >= 4 is 11.6 Å². The average molecular weight is 326 g/mol. The van der Waals surface area contributed by atoms with Crippen molar-refractivity contribution < 1.29 is 9.53 Å². The average Bonchev–Trinajstić information content (AvgIpc) is 2.64. The molecule has 0 aliphatic carbocycles. The van der Waals surface area contributed by atoms with E-state index in [-0.39, 0.29) is 12.0 Å². The van der Waals surface area contributed by atoms with E-state index in [0.717, 1.165) is 42.9 Å². The summed E-state index contributed by atoms with van der Waals surface area (Å²) < 4.78 is 6.11. The lowest BCUT2D eigenvalue weighted by molar-refractivity contribution is 0.0958. The lowest BCUT2D eigenvalue weighted by Crippen LogP contribution is -2.38. The first kappa shape index (κ1) is 16.2. The minimum absolute atomic E-state index is 0.164. The van der Waals surface area contributed by atoms with E-state index in [9.17, 15) is 4.79 Å². The van der Waals surface area contributed by atoms with Gasteiger partial charge in [-0.05, 0) is 25.1 Å². The Morgan fingerprint density at radius 3 is 2.79 bits per heavy atom. The van der Waals surface area contributed by atoms with Crippen LogP contribution in [0.4, 0.5) is 5.69 Å². The van der Waals surface area contributed by atoms with E-state index in [4.69, 9.17) is 4.74 Å². The molecule has 6 nitrogen and oxygen atoms in total. The second-order valence-corrected chi connectivity index (χ2v) is 5.92. The number of nitrogens with zero attached hydrogens (tertiary/aromatic N) is 3. The number of amides is 1. The lowest BCUT2D eigenvalue weighted by atomic mass is 10.1. The maximum atomic E-state index is 11.7. The van der Waals surface area contributed by atoms with E-state index >= 15 is 0 Å². The maximum absolute atomic E-state index is 11.7. The number of pyridine rings is 2. The minimum Gasteiger partial charge on any atom is -0.490 e. The van der Waals surface area contributed by atoms with Crippen molar-refractivity contribution in [1.82, 2.24) is 15.3 Å². The summed E-state index contributed by atoms with van der Waals surface area (Å²) in [5.74, 6) is 0.748. The fourth-order valence-electron chi connectivity index (χ4n) is 2.87. The van der Waals surface area contributed by atoms with Gasteiger partial charge in [-0.15, -0.1) is 0 Å². The molecule has 1 amide bonds. The van der Waals surface area contributed by atoms with Gasteiger partial charge < -0.3 is 15.0 Å². The second-order valence-electron chi connectivity index (χ2n) is 5.92. The van der Waals surface area contributed by atoms with E-state index in [1.165, 1.54) is 0 Å². The van der Waals surface area contributed by atoms with E-state index in [2.05, 4.69) is 20.2 Å². The minimum atomic E-state index is -0.164. The summed E-state index contributed by atoms with van der Waals surface area (Å²) >= 11 is 0. The van der Waals surface area contributed by atoms with Gasteiger partial charge in [0, 0.05) is 62.8 Å². The molecule has 126 valence electrons. The van der Waals surface area contributed by atoms with Crippen molar-refractivity contribution in [2.24, 2.45) is 0 Å². The Balaban J connectivity index is 1.61. The van der Waals surface area contributed by atoms with E-state index in [1.54, 1.807) is 19.4 Å². The van der Waals surface area contributed by atoms with Gasteiger partial charge in [-0.1, -0.05) is 0 Å². The maximum Gasteiger partial charge on any atom is 0.269 e. The Labute approximate surface area is 141 Å². The van der Waals surface area contributed by atoms with Crippen molar-refractivity contribution in [1.29, 1.82) is 0 Å². The third-order valence-corrected chi connectivity index (χ3v) is 4.27. The fourth-order valence-corrected chi connectivity index (χ4v) is 2.87. The fraction of sp³-hybridized carbons (Fsp3) is 0.389. The monoisotopic (exact) mass is 326 g/mol. The molecule has 0 radical (unpaired) electrons. The zero-order valence-corrected chi connectivity index (χ0v) is 14.0. The Hall–Kier alpha value is -2.63. The van der Waals surface area contributed by atoms with Gasteiger partial charge >= 0.3 is 0 Å².